The molecule has 1 aromatic carbocycles. The molecule has 25 heavy (non-hydrogen) atoms. The second-order valence-electron chi connectivity index (χ2n) is 6.56. The summed E-state index contributed by atoms with van der Waals surface area (Å²) in [5, 5.41) is 2.98. The minimum absolute atomic E-state index is 0.00548. The Morgan fingerprint density at radius 2 is 1.76 bits per heavy atom. The Morgan fingerprint density at radius 1 is 1.12 bits per heavy atom. The molecule has 1 heterocycles. The zero-order chi connectivity index (χ0) is 18.2. The number of piperidine rings is 1. The van der Waals surface area contributed by atoms with Crippen LogP contribution in [0.4, 0.5) is 0 Å². The standard InChI is InChI=1S/C19H27N3O3/c1-2-14-3-5-15(6-4-14)17(23)7-8-19(25)21-16-9-11-22(12-10-16)13-18(20)24/h3-6,16H,2,7-13H2,1H3,(H2,20,24)(H,21,25). The lowest BCUT2D eigenvalue weighted by atomic mass is 10.0. The number of Topliss-reactive ketones (excluding diaryl/α,β-unsaturated/α-hetero) is 1. The number of hydrogen-bond donors (Lipinski definition) is 2. The van der Waals surface area contributed by atoms with Gasteiger partial charge >= 0.3 is 0 Å². The quantitative estimate of drug-likeness (QED) is 0.694. The van der Waals surface area contributed by atoms with Crippen LogP contribution in [0.15, 0.2) is 24.3 Å². The number of rotatable bonds is 8. The number of aryl methyl sites for hydroxylation is 1. The number of nitrogens with one attached hydrogen (secondary N) is 1. The van der Waals surface area contributed by atoms with Crippen LogP contribution < -0.4 is 11.1 Å². The van der Waals surface area contributed by atoms with Gasteiger partial charge in [-0.15, -0.1) is 0 Å². The summed E-state index contributed by atoms with van der Waals surface area (Å²) in [6.45, 7) is 3.83. The van der Waals surface area contributed by atoms with Crippen LogP contribution in [0.3, 0.4) is 0 Å². The molecule has 0 bridgehead atoms. The van der Waals surface area contributed by atoms with Crippen LogP contribution in [0.1, 0.15) is 48.5 Å². The molecule has 0 spiro atoms. The molecule has 2 rings (SSSR count). The average molecular weight is 345 g/mol. The van der Waals surface area contributed by atoms with Crippen molar-refractivity contribution in [2.75, 3.05) is 19.6 Å². The number of nitrogens with zero attached hydrogens (tertiary/aromatic N) is 1. The van der Waals surface area contributed by atoms with E-state index in [1.54, 1.807) is 0 Å². The van der Waals surface area contributed by atoms with Crippen LogP contribution in [0.25, 0.3) is 0 Å². The number of benzene rings is 1. The average Bonchev–Trinajstić information content (AvgIpc) is 2.61. The molecule has 136 valence electrons. The Bertz CT molecular complexity index is 605. The number of amides is 2. The third-order valence-electron chi connectivity index (χ3n) is 4.60. The molecule has 3 N–H and O–H groups in total. The van der Waals surface area contributed by atoms with E-state index < -0.39 is 0 Å². The molecule has 6 nitrogen and oxygen atoms in total. The van der Waals surface area contributed by atoms with E-state index >= 15 is 0 Å². The van der Waals surface area contributed by atoms with Crippen molar-refractivity contribution in [3.05, 3.63) is 35.4 Å². The Labute approximate surface area is 148 Å². The molecular weight excluding hydrogens is 318 g/mol. The van der Waals surface area contributed by atoms with Gasteiger partial charge in [0.1, 0.15) is 0 Å². The number of primary amides is 1. The number of carbonyl (C=O) groups is 3. The van der Waals surface area contributed by atoms with Crippen LogP contribution in [0.5, 0.6) is 0 Å². The number of ketones is 1. The van der Waals surface area contributed by atoms with Gasteiger partial charge in [0.2, 0.25) is 11.8 Å². The lowest BCUT2D eigenvalue weighted by Crippen LogP contribution is -2.46. The molecule has 0 aliphatic carbocycles. The van der Waals surface area contributed by atoms with Gasteiger partial charge in [-0.2, -0.15) is 0 Å². The largest absolute Gasteiger partial charge is 0.369 e. The minimum atomic E-state index is -0.326. The van der Waals surface area contributed by atoms with E-state index in [-0.39, 0.29) is 43.0 Å². The van der Waals surface area contributed by atoms with Crippen molar-refractivity contribution in [3.63, 3.8) is 0 Å². The van der Waals surface area contributed by atoms with Crippen molar-refractivity contribution >= 4 is 17.6 Å². The second kappa shape index (κ2) is 9.32. The molecule has 1 aromatic rings. The molecular formula is C19H27N3O3. The van der Waals surface area contributed by atoms with Crippen molar-refractivity contribution in [2.45, 2.75) is 45.1 Å². The van der Waals surface area contributed by atoms with Crippen LogP contribution in [0.2, 0.25) is 0 Å². The van der Waals surface area contributed by atoms with Gasteiger partial charge in [-0.25, -0.2) is 0 Å². The van der Waals surface area contributed by atoms with Gasteiger partial charge in [0.15, 0.2) is 5.78 Å². The lowest BCUT2D eigenvalue weighted by molar-refractivity contribution is -0.123. The predicted octanol–water partition coefficient (Wildman–Crippen LogP) is 1.28. The minimum Gasteiger partial charge on any atom is -0.369 e. The van der Waals surface area contributed by atoms with Gasteiger partial charge in [-0.3, -0.25) is 19.3 Å². The highest BCUT2D eigenvalue weighted by Crippen LogP contribution is 2.12. The highest BCUT2D eigenvalue weighted by Gasteiger charge is 2.21. The monoisotopic (exact) mass is 345 g/mol. The highest BCUT2D eigenvalue weighted by atomic mass is 16.2. The maximum Gasteiger partial charge on any atom is 0.231 e. The van der Waals surface area contributed by atoms with E-state index in [2.05, 4.69) is 12.2 Å². The molecule has 0 radical (unpaired) electrons. The van der Waals surface area contributed by atoms with Crippen LogP contribution in [0, 0.1) is 0 Å². The first-order valence-electron chi connectivity index (χ1n) is 8.90. The second-order valence-corrected chi connectivity index (χ2v) is 6.56. The van der Waals surface area contributed by atoms with Crippen LogP contribution in [-0.2, 0) is 16.0 Å². The maximum absolute atomic E-state index is 12.2. The first kappa shape index (κ1) is 19.1. The van der Waals surface area contributed by atoms with Crippen molar-refractivity contribution in [3.8, 4) is 0 Å². The Kier molecular flexibility index (Phi) is 7.13. The van der Waals surface area contributed by atoms with Gasteiger partial charge in [-0.05, 0) is 24.8 Å². The van der Waals surface area contributed by atoms with Crippen LogP contribution >= 0.6 is 0 Å². The molecule has 0 saturated carbocycles. The van der Waals surface area contributed by atoms with Crippen molar-refractivity contribution in [1.82, 2.24) is 10.2 Å². The highest BCUT2D eigenvalue weighted by molar-refractivity contribution is 5.98. The van der Waals surface area contributed by atoms with Crippen molar-refractivity contribution in [1.29, 1.82) is 0 Å². The molecule has 2 amide bonds. The lowest BCUT2D eigenvalue weighted by Gasteiger charge is -2.31. The topological polar surface area (TPSA) is 92.5 Å². The summed E-state index contributed by atoms with van der Waals surface area (Å²) < 4.78 is 0. The Balaban J connectivity index is 1.70. The molecule has 1 fully saturated rings. The van der Waals surface area contributed by atoms with E-state index in [0.29, 0.717) is 5.56 Å². The number of likely N-dealkylation sites (tertiary alicyclic amines) is 1. The summed E-state index contributed by atoms with van der Waals surface area (Å²) in [6.07, 6.45) is 2.96. The summed E-state index contributed by atoms with van der Waals surface area (Å²) in [5.74, 6) is -0.422. The fourth-order valence-electron chi connectivity index (χ4n) is 3.05. The molecule has 6 heteroatoms. The normalized spacial score (nSPS) is 15.7. The van der Waals surface area contributed by atoms with Crippen molar-refractivity contribution < 1.29 is 14.4 Å². The zero-order valence-corrected chi connectivity index (χ0v) is 14.8. The van der Waals surface area contributed by atoms with Gasteiger partial charge in [-0.1, -0.05) is 31.2 Å². The molecule has 1 aliphatic rings. The third kappa shape index (κ3) is 6.31. The van der Waals surface area contributed by atoms with E-state index in [1.165, 1.54) is 5.56 Å². The number of hydrogen-bond acceptors (Lipinski definition) is 4. The number of nitrogens with two attached hydrogens (primary N) is 1. The molecule has 0 aromatic heterocycles. The summed E-state index contributed by atoms with van der Waals surface area (Å²) >= 11 is 0. The van der Waals surface area contributed by atoms with E-state index in [1.807, 2.05) is 29.2 Å². The number of carbonyl (C=O) groups excluding carboxylic acids is 3. The summed E-state index contributed by atoms with van der Waals surface area (Å²) in [7, 11) is 0. The fraction of sp³-hybridized carbons (Fsp3) is 0.526. The fourth-order valence-corrected chi connectivity index (χ4v) is 3.05. The maximum atomic E-state index is 12.2. The van der Waals surface area contributed by atoms with E-state index in [9.17, 15) is 14.4 Å². The SMILES string of the molecule is CCc1ccc(C(=O)CCC(=O)NC2CCN(CC(N)=O)CC2)cc1. The molecule has 0 unspecified atom stereocenters. The van der Waals surface area contributed by atoms with Gasteiger partial charge in [0.05, 0.1) is 6.54 Å². The van der Waals surface area contributed by atoms with Crippen LogP contribution in [-0.4, -0.2) is 48.2 Å². The summed E-state index contributed by atoms with van der Waals surface area (Å²) in [5.41, 5.74) is 7.04. The molecule has 1 saturated heterocycles. The molecule has 0 atom stereocenters. The predicted molar refractivity (Wildman–Crippen MR) is 96.2 cm³/mol. The smallest absolute Gasteiger partial charge is 0.231 e. The molecule has 1 aliphatic heterocycles. The van der Waals surface area contributed by atoms with E-state index in [4.69, 9.17) is 5.73 Å². The van der Waals surface area contributed by atoms with Gasteiger partial charge in [0, 0.05) is 37.5 Å². The zero-order valence-electron chi connectivity index (χ0n) is 14.8. The first-order valence-corrected chi connectivity index (χ1v) is 8.90. The third-order valence-corrected chi connectivity index (χ3v) is 4.60. The van der Waals surface area contributed by atoms with Crippen molar-refractivity contribution in [2.24, 2.45) is 5.73 Å². The van der Waals surface area contributed by atoms with E-state index in [0.717, 1.165) is 32.4 Å². The summed E-state index contributed by atoms with van der Waals surface area (Å²) in [6, 6.07) is 7.66. The van der Waals surface area contributed by atoms with Gasteiger partial charge in [0.25, 0.3) is 0 Å². The Hall–Kier alpha value is -2.21. The Morgan fingerprint density at radius 3 is 2.32 bits per heavy atom. The first-order chi connectivity index (χ1) is 12.0. The van der Waals surface area contributed by atoms with Gasteiger partial charge < -0.3 is 11.1 Å². The summed E-state index contributed by atoms with van der Waals surface area (Å²) in [4.78, 5) is 37.1.